The molecule has 2 fully saturated rings. The molecule has 0 heterocycles. The molecule has 4 unspecified atom stereocenters. The van der Waals surface area contributed by atoms with Gasteiger partial charge in [0.25, 0.3) is 0 Å². The lowest BCUT2D eigenvalue weighted by Gasteiger charge is -2.22. The van der Waals surface area contributed by atoms with E-state index >= 15 is 0 Å². The number of rotatable bonds is 15. The van der Waals surface area contributed by atoms with Crippen molar-refractivity contribution in [2.75, 3.05) is 0 Å². The second-order valence-corrected chi connectivity index (χ2v) is 12.0. The van der Waals surface area contributed by atoms with Crippen molar-refractivity contribution in [1.82, 2.24) is 0 Å². The molecule has 2 aliphatic carbocycles. The highest BCUT2D eigenvalue weighted by Crippen LogP contribution is 2.23. The minimum atomic E-state index is -1.63. The van der Waals surface area contributed by atoms with Gasteiger partial charge in [-0.1, -0.05) is 51.4 Å². The van der Waals surface area contributed by atoms with Gasteiger partial charge in [-0.15, -0.1) is 0 Å². The first-order valence-corrected chi connectivity index (χ1v) is 15.2. The molecule has 0 bridgehead atoms. The van der Waals surface area contributed by atoms with Gasteiger partial charge in [-0.25, -0.2) is 8.42 Å². The predicted octanol–water partition coefficient (Wildman–Crippen LogP) is 5.13. The second kappa shape index (κ2) is 16.8. The summed E-state index contributed by atoms with van der Waals surface area (Å²) in [6.45, 7) is 3.19. The van der Waals surface area contributed by atoms with Crippen LogP contribution in [0.15, 0.2) is 0 Å². The highest BCUT2D eigenvalue weighted by atomic mass is 32.2. The zero-order valence-corrected chi connectivity index (χ0v) is 22.3. The zero-order valence-electron chi connectivity index (χ0n) is 20.7. The van der Waals surface area contributed by atoms with Gasteiger partial charge in [0.2, 0.25) is 0 Å². The summed E-state index contributed by atoms with van der Waals surface area (Å²) < 4.78 is 45.9. The van der Waals surface area contributed by atoms with E-state index in [0.717, 1.165) is 64.2 Å². The standard InChI is InChI=1S/C24H42O8S2/c1-19(33(27)31-21-13-7-5-8-14-21)29-23(25)17-11-3-4-12-18-24(26)30-20(2)34(28)32-22-15-9-6-10-16-22/h19-22H,3-18H2,1-2H3. The molecule has 0 aromatic rings. The number of hydrogen-bond donors (Lipinski definition) is 0. The molecule has 4 atom stereocenters. The van der Waals surface area contributed by atoms with Gasteiger partial charge in [0.1, 0.15) is 0 Å². The fourth-order valence-electron chi connectivity index (χ4n) is 4.21. The number of carbonyl (C=O) groups excluding carboxylic acids is 2. The summed E-state index contributed by atoms with van der Waals surface area (Å²) in [5.74, 6) is -0.774. The van der Waals surface area contributed by atoms with Crippen molar-refractivity contribution in [3.05, 3.63) is 0 Å². The number of ether oxygens (including phenoxy) is 2. The molecule has 2 rings (SSSR count). The average molecular weight is 523 g/mol. The zero-order chi connectivity index (χ0) is 24.8. The molecule has 0 aliphatic heterocycles. The third-order valence-electron chi connectivity index (χ3n) is 6.21. The fraction of sp³-hybridized carbons (Fsp3) is 0.917. The van der Waals surface area contributed by atoms with Crippen LogP contribution in [0.1, 0.15) is 117 Å². The van der Waals surface area contributed by atoms with E-state index in [0.29, 0.717) is 12.8 Å². The molecule has 0 aromatic heterocycles. The summed E-state index contributed by atoms with van der Waals surface area (Å²) in [6, 6.07) is 0. The summed E-state index contributed by atoms with van der Waals surface area (Å²) in [6.07, 6.45) is 13.6. The van der Waals surface area contributed by atoms with Crippen molar-refractivity contribution in [2.45, 2.75) is 140 Å². The smallest absolute Gasteiger partial charge is 0.307 e. The van der Waals surface area contributed by atoms with Crippen molar-refractivity contribution < 1.29 is 35.8 Å². The van der Waals surface area contributed by atoms with Crippen molar-refractivity contribution >= 4 is 34.1 Å². The molecule has 10 heteroatoms. The van der Waals surface area contributed by atoms with Gasteiger partial charge in [0, 0.05) is 12.8 Å². The predicted molar refractivity (Wildman–Crippen MR) is 131 cm³/mol. The molecule has 0 radical (unpaired) electrons. The Hall–Kier alpha value is -0.840. The normalized spacial score (nSPS) is 21.4. The molecule has 0 N–H and O–H groups in total. The van der Waals surface area contributed by atoms with Gasteiger partial charge in [0.15, 0.2) is 33.0 Å². The Morgan fingerprint density at radius 2 is 1.00 bits per heavy atom. The summed E-state index contributed by atoms with van der Waals surface area (Å²) in [7, 11) is 0. The monoisotopic (exact) mass is 522 g/mol. The fourth-order valence-corrected chi connectivity index (χ4v) is 5.81. The van der Waals surface area contributed by atoms with Gasteiger partial charge in [0.05, 0.1) is 12.2 Å². The summed E-state index contributed by atoms with van der Waals surface area (Å²) >= 11 is -3.27. The van der Waals surface area contributed by atoms with Crippen LogP contribution < -0.4 is 0 Å². The SMILES string of the molecule is CC(OC(=O)CCCCCCC(=O)OC(C)S(=O)OC1CCCCC1)S(=O)OC1CCCCC1. The Balaban J connectivity index is 1.48. The van der Waals surface area contributed by atoms with Crippen LogP contribution in [0.25, 0.3) is 0 Å². The maximum atomic E-state index is 12.2. The van der Waals surface area contributed by atoms with E-state index < -0.39 is 33.0 Å². The minimum Gasteiger partial charge on any atom is -0.446 e. The molecular weight excluding hydrogens is 480 g/mol. The Morgan fingerprint density at radius 1 is 0.647 bits per heavy atom. The number of carbonyl (C=O) groups is 2. The van der Waals surface area contributed by atoms with Crippen LogP contribution in [0.3, 0.4) is 0 Å². The third kappa shape index (κ3) is 12.2. The average Bonchev–Trinajstić information content (AvgIpc) is 2.82. The Morgan fingerprint density at radius 3 is 1.35 bits per heavy atom. The van der Waals surface area contributed by atoms with E-state index in [2.05, 4.69) is 0 Å². The minimum absolute atomic E-state index is 0.00479. The maximum absolute atomic E-state index is 12.2. The van der Waals surface area contributed by atoms with E-state index in [-0.39, 0.29) is 37.0 Å². The van der Waals surface area contributed by atoms with Crippen LogP contribution in [-0.4, -0.2) is 43.4 Å². The molecule has 198 valence electrons. The van der Waals surface area contributed by atoms with E-state index in [1.54, 1.807) is 13.8 Å². The van der Waals surface area contributed by atoms with E-state index in [9.17, 15) is 18.0 Å². The van der Waals surface area contributed by atoms with E-state index in [1.165, 1.54) is 12.8 Å². The molecule has 2 aliphatic rings. The largest absolute Gasteiger partial charge is 0.446 e. The van der Waals surface area contributed by atoms with Crippen LogP contribution in [0.5, 0.6) is 0 Å². The van der Waals surface area contributed by atoms with Crippen molar-refractivity contribution in [1.29, 1.82) is 0 Å². The number of hydrogen-bond acceptors (Lipinski definition) is 8. The van der Waals surface area contributed by atoms with Crippen molar-refractivity contribution in [2.24, 2.45) is 0 Å². The van der Waals surface area contributed by atoms with Gasteiger partial charge in [-0.3, -0.25) is 18.0 Å². The summed E-state index contributed by atoms with van der Waals surface area (Å²) in [5.41, 5.74) is -1.56. The van der Waals surface area contributed by atoms with Crippen LogP contribution in [0.4, 0.5) is 0 Å². The molecule has 34 heavy (non-hydrogen) atoms. The third-order valence-corrected chi connectivity index (χ3v) is 8.42. The van der Waals surface area contributed by atoms with Gasteiger partial charge in [-0.2, -0.15) is 0 Å². The first-order chi connectivity index (χ1) is 16.3. The van der Waals surface area contributed by atoms with Gasteiger partial charge < -0.3 is 9.47 Å². The van der Waals surface area contributed by atoms with Crippen molar-refractivity contribution in [3.63, 3.8) is 0 Å². The van der Waals surface area contributed by atoms with Crippen molar-refractivity contribution in [3.8, 4) is 0 Å². The molecule has 0 aromatic carbocycles. The lowest BCUT2D eigenvalue weighted by Crippen LogP contribution is -2.26. The summed E-state index contributed by atoms with van der Waals surface area (Å²) in [4.78, 5) is 24.0. The molecule has 0 saturated heterocycles. The van der Waals surface area contributed by atoms with E-state index in [4.69, 9.17) is 17.8 Å². The van der Waals surface area contributed by atoms with E-state index in [1.807, 2.05) is 0 Å². The quantitative estimate of drug-likeness (QED) is 0.215. The first kappa shape index (κ1) is 29.4. The molecule has 0 spiro atoms. The lowest BCUT2D eigenvalue weighted by atomic mass is 9.98. The molecular formula is C24H42O8S2. The lowest BCUT2D eigenvalue weighted by molar-refractivity contribution is -0.146. The maximum Gasteiger partial charge on any atom is 0.307 e. The highest BCUT2D eigenvalue weighted by Gasteiger charge is 2.24. The Labute approximate surface area is 209 Å². The van der Waals surface area contributed by atoms with Crippen LogP contribution in [0.2, 0.25) is 0 Å². The van der Waals surface area contributed by atoms with Crippen LogP contribution in [0, 0.1) is 0 Å². The highest BCUT2D eigenvalue weighted by molar-refractivity contribution is 7.80. The topological polar surface area (TPSA) is 105 Å². The van der Waals surface area contributed by atoms with Crippen LogP contribution >= 0.6 is 0 Å². The van der Waals surface area contributed by atoms with Gasteiger partial charge in [-0.05, 0) is 52.4 Å². The molecule has 0 amide bonds. The molecule has 2 saturated carbocycles. The summed E-state index contributed by atoms with van der Waals surface area (Å²) in [5, 5.41) is 0. The molecule has 8 nitrogen and oxygen atoms in total. The Bertz CT molecular complexity index is 603. The van der Waals surface area contributed by atoms with Crippen LogP contribution in [-0.2, 0) is 49.6 Å². The first-order valence-electron chi connectivity index (χ1n) is 12.9. The number of unbranched alkanes of at least 4 members (excludes halogenated alkanes) is 3. The van der Waals surface area contributed by atoms with Gasteiger partial charge >= 0.3 is 11.9 Å². The Kier molecular flexibility index (Phi) is 14.5. The number of esters is 2. The second-order valence-electron chi connectivity index (χ2n) is 9.26.